The molecule has 0 saturated carbocycles. The highest BCUT2D eigenvalue weighted by atomic mass is 32.1. The number of carbonyl (C=O) groups excluding carboxylic acids is 1. The van der Waals surface area contributed by atoms with Crippen molar-refractivity contribution in [1.29, 1.82) is 0 Å². The van der Waals surface area contributed by atoms with E-state index in [4.69, 9.17) is 9.97 Å². The van der Waals surface area contributed by atoms with Crippen LogP contribution < -0.4 is 10.5 Å². The number of nitrogens with zero attached hydrogens (tertiary/aromatic N) is 6. The zero-order chi connectivity index (χ0) is 30.9. The fourth-order valence-electron chi connectivity index (χ4n) is 5.57. The second-order valence-corrected chi connectivity index (χ2v) is 11.5. The molecule has 0 aliphatic carbocycles. The quantitative estimate of drug-likeness (QED) is 0.166. The van der Waals surface area contributed by atoms with Crippen LogP contribution in [0, 0.1) is 10.1 Å². The second-order valence-electron chi connectivity index (χ2n) is 10.5. The van der Waals surface area contributed by atoms with Crippen molar-refractivity contribution in [3.05, 3.63) is 135 Å². The molecule has 0 N–H and O–H groups in total. The van der Waals surface area contributed by atoms with Crippen molar-refractivity contribution in [3.63, 3.8) is 0 Å². The van der Waals surface area contributed by atoms with Crippen LogP contribution in [0.25, 0.3) is 38.5 Å². The van der Waals surface area contributed by atoms with Crippen molar-refractivity contribution >= 4 is 39.0 Å². The number of carbonyl (C=O) groups is 1. The van der Waals surface area contributed by atoms with Gasteiger partial charge in [0.1, 0.15) is 10.6 Å². The molecular weight excluding hydrogens is 588 g/mol. The summed E-state index contributed by atoms with van der Waals surface area (Å²) in [5, 5.41) is 13.2. The third-order valence-corrected chi connectivity index (χ3v) is 8.93. The largest absolute Gasteiger partial charge is 0.345 e. The molecule has 1 aliphatic rings. The number of para-hydroxylation sites is 3. The summed E-state index contributed by atoms with van der Waals surface area (Å²) >= 11 is 1.38. The van der Waals surface area contributed by atoms with Gasteiger partial charge in [0.25, 0.3) is 17.2 Å². The van der Waals surface area contributed by atoms with Crippen LogP contribution in [0.15, 0.2) is 114 Å². The molecule has 0 bridgehead atoms. The Morgan fingerprint density at radius 3 is 2.16 bits per heavy atom. The normalized spacial score (nSPS) is 13.2. The minimum absolute atomic E-state index is 0.00566. The van der Waals surface area contributed by atoms with Gasteiger partial charge in [0.05, 0.1) is 21.5 Å². The summed E-state index contributed by atoms with van der Waals surface area (Å²) < 4.78 is 1.33. The van der Waals surface area contributed by atoms with Gasteiger partial charge in [0, 0.05) is 43.4 Å². The molecule has 222 valence electrons. The zero-order valence-electron chi connectivity index (χ0n) is 23.9. The standard InChI is InChI=1S/C34H26N6O4S/c41-32(24-13-5-2-6-14-24)37-19-21-38(22-20-37)34-36-29(23-11-3-1-4-12-23)30(45-34)31-35-26-16-8-7-15-25(26)33(42)39(31)27-17-9-10-18-28(27)40(43)44/h1-18H,19-22H2. The molecule has 1 saturated heterocycles. The fourth-order valence-corrected chi connectivity index (χ4v) is 6.69. The number of rotatable bonds is 6. The zero-order valence-corrected chi connectivity index (χ0v) is 24.8. The maximum Gasteiger partial charge on any atom is 0.293 e. The van der Waals surface area contributed by atoms with Gasteiger partial charge in [-0.25, -0.2) is 9.97 Å². The number of hydrogen-bond acceptors (Lipinski definition) is 8. The molecule has 1 fully saturated rings. The van der Waals surface area contributed by atoms with Crippen molar-refractivity contribution in [1.82, 2.24) is 19.4 Å². The first-order chi connectivity index (χ1) is 22.0. The molecule has 3 heterocycles. The molecule has 6 aromatic rings. The molecule has 0 atom stereocenters. The Balaban J connectivity index is 1.36. The first-order valence-electron chi connectivity index (χ1n) is 14.4. The Kier molecular flexibility index (Phi) is 7.36. The van der Waals surface area contributed by atoms with Gasteiger partial charge in [0.15, 0.2) is 11.0 Å². The molecule has 1 amide bonds. The van der Waals surface area contributed by atoms with Gasteiger partial charge in [-0.1, -0.05) is 84.1 Å². The topological polar surface area (TPSA) is 114 Å². The third kappa shape index (κ3) is 5.23. The number of anilines is 1. The van der Waals surface area contributed by atoms with E-state index in [1.807, 2.05) is 65.6 Å². The SMILES string of the molecule is O=C(c1ccccc1)N1CCN(c2nc(-c3ccccc3)c(-c3nc4ccccc4c(=O)n3-c3ccccc3[N+](=O)[O-])s2)CC1. The summed E-state index contributed by atoms with van der Waals surface area (Å²) in [5.74, 6) is 0.266. The minimum atomic E-state index is -0.493. The lowest BCUT2D eigenvalue weighted by molar-refractivity contribution is -0.384. The van der Waals surface area contributed by atoms with Crippen molar-refractivity contribution < 1.29 is 9.72 Å². The van der Waals surface area contributed by atoms with Crippen LogP contribution in [0.1, 0.15) is 10.4 Å². The van der Waals surface area contributed by atoms with E-state index in [0.29, 0.717) is 58.3 Å². The molecule has 7 rings (SSSR count). The molecule has 11 heteroatoms. The number of hydrogen-bond donors (Lipinski definition) is 0. The second kappa shape index (κ2) is 11.8. The number of nitro groups is 1. The Hall–Kier alpha value is -5.68. The summed E-state index contributed by atoms with van der Waals surface area (Å²) in [6.45, 7) is 2.20. The molecule has 45 heavy (non-hydrogen) atoms. The Morgan fingerprint density at radius 2 is 1.42 bits per heavy atom. The van der Waals surface area contributed by atoms with Crippen LogP contribution >= 0.6 is 11.3 Å². The lowest BCUT2D eigenvalue weighted by Gasteiger charge is -2.34. The maximum atomic E-state index is 14.1. The van der Waals surface area contributed by atoms with Crippen molar-refractivity contribution in [3.8, 4) is 27.6 Å². The predicted octanol–water partition coefficient (Wildman–Crippen LogP) is 6.05. The maximum absolute atomic E-state index is 14.1. The molecule has 2 aromatic heterocycles. The lowest BCUT2D eigenvalue weighted by atomic mass is 10.1. The smallest absolute Gasteiger partial charge is 0.293 e. The van der Waals surface area contributed by atoms with Gasteiger partial charge in [0.2, 0.25) is 0 Å². The van der Waals surface area contributed by atoms with Crippen LogP contribution in [-0.4, -0.2) is 56.4 Å². The molecule has 10 nitrogen and oxygen atoms in total. The summed E-state index contributed by atoms with van der Waals surface area (Å²) in [6, 6.07) is 32.0. The lowest BCUT2D eigenvalue weighted by Crippen LogP contribution is -2.48. The number of thiazole rings is 1. The highest BCUT2D eigenvalue weighted by Crippen LogP contribution is 2.41. The summed E-state index contributed by atoms with van der Waals surface area (Å²) in [7, 11) is 0. The molecule has 0 spiro atoms. The van der Waals surface area contributed by atoms with Crippen molar-refractivity contribution in [2.24, 2.45) is 0 Å². The van der Waals surface area contributed by atoms with E-state index < -0.39 is 10.5 Å². The van der Waals surface area contributed by atoms with Gasteiger partial charge < -0.3 is 9.80 Å². The van der Waals surface area contributed by atoms with Crippen LogP contribution in [0.3, 0.4) is 0 Å². The highest BCUT2D eigenvalue weighted by Gasteiger charge is 2.29. The molecule has 4 aromatic carbocycles. The predicted molar refractivity (Wildman–Crippen MR) is 175 cm³/mol. The first-order valence-corrected chi connectivity index (χ1v) is 15.2. The van der Waals surface area contributed by atoms with E-state index >= 15 is 0 Å². The number of aromatic nitrogens is 3. The average molecular weight is 615 g/mol. The Labute approximate surface area is 261 Å². The molecule has 0 unspecified atom stereocenters. The summed E-state index contributed by atoms with van der Waals surface area (Å²) in [5.41, 5.74) is 2.09. The van der Waals surface area contributed by atoms with Crippen LogP contribution in [0.5, 0.6) is 0 Å². The van der Waals surface area contributed by atoms with E-state index in [9.17, 15) is 19.7 Å². The first kappa shape index (κ1) is 28.1. The van der Waals surface area contributed by atoms with Crippen LogP contribution in [-0.2, 0) is 0 Å². The number of piperazine rings is 1. The number of fused-ring (bicyclic) bond motifs is 1. The molecule has 0 radical (unpaired) electrons. The number of nitro benzene ring substituents is 1. The highest BCUT2D eigenvalue weighted by molar-refractivity contribution is 7.19. The number of amides is 1. The minimum Gasteiger partial charge on any atom is -0.345 e. The average Bonchev–Trinajstić information content (AvgIpc) is 3.54. The molecular formula is C34H26N6O4S. The molecule has 1 aliphatic heterocycles. The van der Waals surface area contributed by atoms with Crippen LogP contribution in [0.4, 0.5) is 10.8 Å². The van der Waals surface area contributed by atoms with E-state index in [0.717, 1.165) is 5.56 Å². The van der Waals surface area contributed by atoms with Gasteiger partial charge >= 0.3 is 0 Å². The van der Waals surface area contributed by atoms with Crippen molar-refractivity contribution in [2.75, 3.05) is 31.1 Å². The monoisotopic (exact) mass is 614 g/mol. The van der Waals surface area contributed by atoms with E-state index in [-0.39, 0.29) is 23.1 Å². The van der Waals surface area contributed by atoms with Gasteiger partial charge in [-0.3, -0.25) is 24.3 Å². The number of benzene rings is 4. The fraction of sp³-hybridized carbons (Fsp3) is 0.118. The summed E-state index contributed by atoms with van der Waals surface area (Å²) in [6.07, 6.45) is 0. The van der Waals surface area contributed by atoms with E-state index in [1.54, 1.807) is 42.5 Å². The van der Waals surface area contributed by atoms with E-state index in [1.165, 1.54) is 22.0 Å². The van der Waals surface area contributed by atoms with Gasteiger partial charge in [-0.05, 0) is 30.3 Å². The Bertz CT molecular complexity index is 2100. The van der Waals surface area contributed by atoms with Gasteiger partial charge in [-0.15, -0.1) is 0 Å². The summed E-state index contributed by atoms with van der Waals surface area (Å²) in [4.78, 5) is 53.4. The van der Waals surface area contributed by atoms with Crippen molar-refractivity contribution in [2.45, 2.75) is 0 Å². The Morgan fingerprint density at radius 1 is 0.778 bits per heavy atom. The van der Waals surface area contributed by atoms with Crippen LogP contribution in [0.2, 0.25) is 0 Å². The van der Waals surface area contributed by atoms with Gasteiger partial charge in [-0.2, -0.15) is 0 Å². The third-order valence-electron chi connectivity index (χ3n) is 7.82. The van der Waals surface area contributed by atoms with E-state index in [2.05, 4.69) is 4.90 Å².